The fraction of sp³-hybridized carbons (Fsp3) is 0.533. The van der Waals surface area contributed by atoms with E-state index in [9.17, 15) is 0 Å². The highest BCUT2D eigenvalue weighted by atomic mass is 16.5. The molecule has 0 aliphatic heterocycles. The first kappa shape index (κ1) is 16.4. The lowest BCUT2D eigenvalue weighted by Crippen LogP contribution is -2.06. The van der Waals surface area contributed by atoms with Crippen molar-refractivity contribution < 1.29 is 18.9 Å². The highest BCUT2D eigenvalue weighted by molar-refractivity contribution is 5.45. The molecular formula is C15H21NO4. The highest BCUT2D eigenvalue weighted by Crippen LogP contribution is 2.19. The minimum atomic E-state index is 0.458. The van der Waals surface area contributed by atoms with E-state index >= 15 is 0 Å². The smallest absolute Gasteiger partial charge is 0.136 e. The van der Waals surface area contributed by atoms with Crippen molar-refractivity contribution in [1.29, 1.82) is 5.26 Å². The van der Waals surface area contributed by atoms with Gasteiger partial charge in [-0.1, -0.05) is 6.07 Å². The first-order valence-corrected chi connectivity index (χ1v) is 6.53. The largest absolute Gasteiger partial charge is 0.495 e. The van der Waals surface area contributed by atoms with E-state index in [1.807, 2.05) is 6.07 Å². The summed E-state index contributed by atoms with van der Waals surface area (Å²) in [6.07, 6.45) is 0.889. The number of ether oxygens (including phenoxy) is 4. The van der Waals surface area contributed by atoms with E-state index in [0.29, 0.717) is 44.3 Å². The fourth-order valence-electron chi connectivity index (χ4n) is 1.65. The molecule has 0 N–H and O–H groups in total. The topological polar surface area (TPSA) is 60.7 Å². The quantitative estimate of drug-likeness (QED) is 0.614. The molecule has 0 amide bonds. The number of hydrogen-bond acceptors (Lipinski definition) is 5. The predicted molar refractivity (Wildman–Crippen MR) is 74.7 cm³/mol. The van der Waals surface area contributed by atoms with E-state index in [1.165, 1.54) is 0 Å². The number of benzene rings is 1. The van der Waals surface area contributed by atoms with Gasteiger partial charge in [0.05, 0.1) is 32.5 Å². The van der Waals surface area contributed by atoms with Gasteiger partial charge >= 0.3 is 0 Å². The van der Waals surface area contributed by atoms with E-state index in [0.717, 1.165) is 12.0 Å². The number of rotatable bonds is 10. The standard InChI is InChI=1S/C15H21NO4/c1-17-6-3-7-19-8-9-20-12-13-4-5-15(18-2)14(10-13)11-16/h4-5,10H,3,6-9,12H2,1-2H3. The van der Waals surface area contributed by atoms with Crippen LogP contribution in [0.1, 0.15) is 17.5 Å². The number of nitriles is 1. The first-order chi connectivity index (χ1) is 9.81. The zero-order chi connectivity index (χ0) is 14.6. The second kappa shape index (κ2) is 10.2. The van der Waals surface area contributed by atoms with Gasteiger partial charge in [0.25, 0.3) is 0 Å². The minimum absolute atomic E-state index is 0.458. The van der Waals surface area contributed by atoms with Crippen molar-refractivity contribution in [3.63, 3.8) is 0 Å². The summed E-state index contributed by atoms with van der Waals surface area (Å²) in [6.45, 7) is 2.94. The van der Waals surface area contributed by atoms with Crippen LogP contribution in [0.4, 0.5) is 0 Å². The molecule has 0 bridgehead atoms. The summed E-state index contributed by atoms with van der Waals surface area (Å²) in [5, 5.41) is 8.99. The van der Waals surface area contributed by atoms with Crippen molar-refractivity contribution in [3.8, 4) is 11.8 Å². The molecule has 1 rings (SSSR count). The third kappa shape index (κ3) is 6.02. The Morgan fingerprint density at radius 1 is 1.05 bits per heavy atom. The Hall–Kier alpha value is -1.61. The van der Waals surface area contributed by atoms with Crippen LogP contribution in [-0.2, 0) is 20.8 Å². The number of nitrogens with zero attached hydrogens (tertiary/aromatic N) is 1. The maximum absolute atomic E-state index is 8.99. The third-order valence-corrected chi connectivity index (χ3v) is 2.66. The molecule has 0 spiro atoms. The van der Waals surface area contributed by atoms with Gasteiger partial charge in [-0.2, -0.15) is 5.26 Å². The van der Waals surface area contributed by atoms with E-state index in [4.69, 9.17) is 24.2 Å². The average molecular weight is 279 g/mol. The van der Waals surface area contributed by atoms with Crippen molar-refractivity contribution >= 4 is 0 Å². The molecule has 0 unspecified atom stereocenters. The summed E-state index contributed by atoms with van der Waals surface area (Å²) in [7, 11) is 3.22. The Morgan fingerprint density at radius 3 is 2.55 bits per heavy atom. The van der Waals surface area contributed by atoms with Crippen LogP contribution in [-0.4, -0.2) is 40.6 Å². The summed E-state index contributed by atoms with van der Waals surface area (Å²) in [5.41, 5.74) is 1.46. The number of methoxy groups -OCH3 is 2. The maximum atomic E-state index is 8.99. The fourth-order valence-corrected chi connectivity index (χ4v) is 1.65. The van der Waals surface area contributed by atoms with E-state index in [-0.39, 0.29) is 0 Å². The monoisotopic (exact) mass is 279 g/mol. The van der Waals surface area contributed by atoms with Crippen LogP contribution in [0.3, 0.4) is 0 Å². The molecule has 0 aromatic heterocycles. The summed E-state index contributed by atoms with van der Waals surface area (Å²) in [6, 6.07) is 7.54. The lowest BCUT2D eigenvalue weighted by molar-refractivity contribution is 0.0337. The van der Waals surface area contributed by atoms with Crippen LogP contribution in [0.5, 0.6) is 5.75 Å². The molecule has 20 heavy (non-hydrogen) atoms. The first-order valence-electron chi connectivity index (χ1n) is 6.53. The van der Waals surface area contributed by atoms with Crippen molar-refractivity contribution in [2.75, 3.05) is 40.6 Å². The molecule has 1 aromatic rings. The van der Waals surface area contributed by atoms with Crippen LogP contribution >= 0.6 is 0 Å². The molecule has 0 saturated carbocycles. The van der Waals surface area contributed by atoms with Gasteiger partial charge in [-0.25, -0.2) is 0 Å². The second-order valence-electron chi connectivity index (χ2n) is 4.16. The van der Waals surface area contributed by atoms with Crippen LogP contribution in [0.25, 0.3) is 0 Å². The van der Waals surface area contributed by atoms with Gasteiger partial charge in [0, 0.05) is 20.3 Å². The molecular weight excluding hydrogens is 258 g/mol. The molecule has 0 aliphatic rings. The minimum Gasteiger partial charge on any atom is -0.495 e. The molecule has 5 heteroatoms. The molecule has 0 aliphatic carbocycles. The van der Waals surface area contributed by atoms with Crippen LogP contribution < -0.4 is 4.74 Å². The predicted octanol–water partition coefficient (Wildman–Crippen LogP) is 2.14. The Morgan fingerprint density at radius 2 is 1.85 bits per heavy atom. The molecule has 0 fully saturated rings. The maximum Gasteiger partial charge on any atom is 0.136 e. The molecule has 5 nitrogen and oxygen atoms in total. The van der Waals surface area contributed by atoms with Gasteiger partial charge in [-0.3, -0.25) is 0 Å². The molecule has 110 valence electrons. The Labute approximate surface area is 120 Å². The normalized spacial score (nSPS) is 10.2. The van der Waals surface area contributed by atoms with Crippen LogP contribution in [0, 0.1) is 11.3 Å². The zero-order valence-corrected chi connectivity index (χ0v) is 12.1. The molecule has 0 heterocycles. The third-order valence-electron chi connectivity index (χ3n) is 2.66. The Kier molecular flexibility index (Phi) is 8.40. The SMILES string of the molecule is COCCCOCCOCc1ccc(OC)c(C#N)c1. The van der Waals surface area contributed by atoms with Gasteiger partial charge in [0.1, 0.15) is 11.8 Å². The summed E-state index contributed by atoms with van der Waals surface area (Å²) in [4.78, 5) is 0. The molecule has 0 saturated heterocycles. The second-order valence-corrected chi connectivity index (χ2v) is 4.16. The molecule has 0 radical (unpaired) electrons. The highest BCUT2D eigenvalue weighted by Gasteiger charge is 2.03. The average Bonchev–Trinajstić information content (AvgIpc) is 2.49. The van der Waals surface area contributed by atoms with Gasteiger partial charge in [-0.05, 0) is 24.1 Å². The van der Waals surface area contributed by atoms with Gasteiger partial charge in [0.2, 0.25) is 0 Å². The number of hydrogen-bond donors (Lipinski definition) is 0. The van der Waals surface area contributed by atoms with Gasteiger partial charge < -0.3 is 18.9 Å². The van der Waals surface area contributed by atoms with E-state index in [1.54, 1.807) is 26.4 Å². The van der Waals surface area contributed by atoms with Crippen LogP contribution in [0.2, 0.25) is 0 Å². The van der Waals surface area contributed by atoms with Crippen molar-refractivity contribution in [2.24, 2.45) is 0 Å². The van der Waals surface area contributed by atoms with Crippen molar-refractivity contribution in [2.45, 2.75) is 13.0 Å². The lowest BCUT2D eigenvalue weighted by Gasteiger charge is -2.07. The molecule has 1 aromatic carbocycles. The van der Waals surface area contributed by atoms with E-state index in [2.05, 4.69) is 6.07 Å². The Balaban J connectivity index is 2.21. The summed E-state index contributed by atoms with van der Waals surface area (Å²) in [5.74, 6) is 0.581. The molecule has 0 atom stereocenters. The van der Waals surface area contributed by atoms with Gasteiger partial charge in [0.15, 0.2) is 0 Å². The van der Waals surface area contributed by atoms with Crippen molar-refractivity contribution in [3.05, 3.63) is 29.3 Å². The zero-order valence-electron chi connectivity index (χ0n) is 12.1. The lowest BCUT2D eigenvalue weighted by atomic mass is 10.1. The summed E-state index contributed by atoms with van der Waals surface area (Å²) < 4.78 is 20.9. The summed E-state index contributed by atoms with van der Waals surface area (Å²) >= 11 is 0. The van der Waals surface area contributed by atoms with Crippen molar-refractivity contribution in [1.82, 2.24) is 0 Å². The Bertz CT molecular complexity index is 428. The van der Waals surface area contributed by atoms with Crippen LogP contribution in [0.15, 0.2) is 18.2 Å². The van der Waals surface area contributed by atoms with Gasteiger partial charge in [-0.15, -0.1) is 0 Å². The van der Waals surface area contributed by atoms with E-state index < -0.39 is 0 Å².